The second-order valence-corrected chi connectivity index (χ2v) is 8.65. The van der Waals surface area contributed by atoms with Gasteiger partial charge in [0.2, 0.25) is 5.28 Å². The molecule has 3 aromatic heterocycles. The van der Waals surface area contributed by atoms with Crippen molar-refractivity contribution in [3.05, 3.63) is 53.2 Å². The van der Waals surface area contributed by atoms with Gasteiger partial charge in [0.25, 0.3) is 6.43 Å². The van der Waals surface area contributed by atoms with Crippen molar-refractivity contribution in [3.8, 4) is 11.4 Å². The molecule has 0 saturated carbocycles. The van der Waals surface area contributed by atoms with Gasteiger partial charge in [-0.25, -0.2) is 18.7 Å². The van der Waals surface area contributed by atoms with Gasteiger partial charge in [-0.1, -0.05) is 24.3 Å². The second kappa shape index (κ2) is 9.06. The summed E-state index contributed by atoms with van der Waals surface area (Å²) >= 11 is 6.01. The van der Waals surface area contributed by atoms with Crippen LogP contribution in [0.5, 0.6) is 0 Å². The molecule has 4 rings (SSSR count). The predicted octanol–water partition coefficient (Wildman–Crippen LogP) is 5.92. The monoisotopic (exact) mass is 513 g/mol. The van der Waals surface area contributed by atoms with E-state index in [9.17, 15) is 22.0 Å². The molecular weight excluding hydrogens is 493 g/mol. The van der Waals surface area contributed by atoms with Crippen molar-refractivity contribution in [1.82, 2.24) is 29.3 Å². The zero-order chi connectivity index (χ0) is 25.7. The quantitative estimate of drug-likeness (QED) is 0.236. The second-order valence-electron chi connectivity index (χ2n) is 8.31. The van der Waals surface area contributed by atoms with Crippen molar-refractivity contribution in [3.63, 3.8) is 0 Å². The minimum Gasteiger partial charge on any atom is -0.345 e. The Morgan fingerprint density at radius 3 is 2.23 bits per heavy atom. The zero-order valence-corrected chi connectivity index (χ0v) is 19.9. The average molecular weight is 514 g/mol. The third kappa shape index (κ3) is 4.79. The first kappa shape index (κ1) is 24.8. The maximum atomic E-state index is 14.3. The standard InChI is InChI=1S/C22H21ClF5N7/c1-11(2)35-10-15(22(26,27)28)30-19(35)13-7-5-12(6-8-13)17(18(24)25)34(4)20-16-14(9-33(3)32-16)29-21(23)31-20/h5-11,17-18H,1-4H3/t17-/m1/s1. The molecule has 0 aliphatic rings. The number of aromatic nitrogens is 6. The highest BCUT2D eigenvalue weighted by molar-refractivity contribution is 6.28. The number of benzene rings is 1. The Kier molecular flexibility index (Phi) is 6.43. The van der Waals surface area contributed by atoms with Crippen molar-refractivity contribution in [1.29, 1.82) is 0 Å². The Hall–Kier alpha value is -3.28. The molecule has 4 aromatic rings. The molecule has 1 atom stereocenters. The Bertz CT molecular complexity index is 1340. The van der Waals surface area contributed by atoms with E-state index in [0.717, 1.165) is 6.20 Å². The van der Waals surface area contributed by atoms with E-state index in [4.69, 9.17) is 11.6 Å². The molecule has 0 radical (unpaired) electrons. The zero-order valence-electron chi connectivity index (χ0n) is 19.1. The van der Waals surface area contributed by atoms with Crippen LogP contribution in [-0.4, -0.2) is 42.8 Å². The Morgan fingerprint density at radius 1 is 1.00 bits per heavy atom. The van der Waals surface area contributed by atoms with E-state index in [1.165, 1.54) is 45.5 Å². The molecule has 3 heterocycles. The predicted molar refractivity (Wildman–Crippen MR) is 122 cm³/mol. The SMILES string of the molecule is CC(C)n1cc(C(F)(F)F)nc1-c1ccc([C@H](C(F)F)N(C)c2nc(Cl)nc3cn(C)nc23)cc1. The fourth-order valence-corrected chi connectivity index (χ4v) is 4.04. The highest BCUT2D eigenvalue weighted by atomic mass is 35.5. The van der Waals surface area contributed by atoms with Crippen LogP contribution in [0.15, 0.2) is 36.7 Å². The smallest absolute Gasteiger partial charge is 0.345 e. The highest BCUT2D eigenvalue weighted by Gasteiger charge is 2.35. The number of nitrogens with zero attached hydrogens (tertiary/aromatic N) is 7. The van der Waals surface area contributed by atoms with Crippen LogP contribution in [0.25, 0.3) is 22.4 Å². The van der Waals surface area contributed by atoms with Crippen molar-refractivity contribution < 1.29 is 22.0 Å². The Morgan fingerprint density at radius 2 is 1.66 bits per heavy atom. The van der Waals surface area contributed by atoms with Gasteiger partial charge in [0.05, 0.1) is 6.20 Å². The van der Waals surface area contributed by atoms with Gasteiger partial charge in [-0.3, -0.25) is 4.68 Å². The van der Waals surface area contributed by atoms with Crippen molar-refractivity contribution in [2.75, 3.05) is 11.9 Å². The lowest BCUT2D eigenvalue weighted by Crippen LogP contribution is -2.30. The number of fused-ring (bicyclic) bond motifs is 1. The number of imidazole rings is 1. The van der Waals surface area contributed by atoms with Crippen LogP contribution >= 0.6 is 11.6 Å². The van der Waals surface area contributed by atoms with Gasteiger partial charge in [0, 0.05) is 31.9 Å². The number of hydrogen-bond acceptors (Lipinski definition) is 5. The van der Waals surface area contributed by atoms with Crippen molar-refractivity contribution in [2.45, 2.75) is 38.5 Å². The lowest BCUT2D eigenvalue weighted by Gasteiger charge is -2.29. The third-order valence-corrected chi connectivity index (χ3v) is 5.68. The molecule has 0 fully saturated rings. The first-order chi connectivity index (χ1) is 16.4. The molecule has 7 nitrogen and oxygen atoms in total. The van der Waals surface area contributed by atoms with Crippen LogP contribution in [0.4, 0.5) is 27.8 Å². The summed E-state index contributed by atoms with van der Waals surface area (Å²) in [7, 11) is 3.10. The van der Waals surface area contributed by atoms with Gasteiger partial charge >= 0.3 is 6.18 Å². The molecule has 186 valence electrons. The minimum atomic E-state index is -4.60. The number of hydrogen-bond donors (Lipinski definition) is 0. The van der Waals surface area contributed by atoms with E-state index in [0.29, 0.717) is 16.6 Å². The Balaban J connectivity index is 1.73. The lowest BCUT2D eigenvalue weighted by atomic mass is 10.0. The van der Waals surface area contributed by atoms with Gasteiger partial charge < -0.3 is 9.47 Å². The molecule has 0 spiro atoms. The molecule has 0 aliphatic heterocycles. The maximum Gasteiger partial charge on any atom is 0.434 e. The van der Waals surface area contributed by atoms with Gasteiger partial charge in [-0.05, 0) is 31.0 Å². The number of halogens is 6. The summed E-state index contributed by atoms with van der Waals surface area (Å²) < 4.78 is 71.1. The van der Waals surface area contributed by atoms with Crippen LogP contribution < -0.4 is 4.90 Å². The minimum absolute atomic E-state index is 0.0959. The first-order valence-corrected chi connectivity index (χ1v) is 10.9. The summed E-state index contributed by atoms with van der Waals surface area (Å²) in [5, 5.41) is 4.14. The van der Waals surface area contributed by atoms with Gasteiger partial charge in [-0.15, -0.1) is 0 Å². The largest absolute Gasteiger partial charge is 0.434 e. The molecule has 0 N–H and O–H groups in total. The molecule has 0 saturated heterocycles. The number of aryl methyl sites for hydroxylation is 1. The summed E-state index contributed by atoms with van der Waals surface area (Å²) in [6, 6.07) is 4.10. The normalized spacial score (nSPS) is 13.3. The molecule has 1 aromatic carbocycles. The molecule has 35 heavy (non-hydrogen) atoms. The van der Waals surface area contributed by atoms with E-state index in [1.807, 2.05) is 0 Å². The number of alkyl halides is 5. The summed E-state index contributed by atoms with van der Waals surface area (Å²) in [4.78, 5) is 13.2. The number of anilines is 1. The van der Waals surface area contributed by atoms with Gasteiger partial charge in [-0.2, -0.15) is 23.3 Å². The van der Waals surface area contributed by atoms with Gasteiger partial charge in [0.15, 0.2) is 17.0 Å². The van der Waals surface area contributed by atoms with Crippen molar-refractivity contribution in [2.24, 2.45) is 7.05 Å². The summed E-state index contributed by atoms with van der Waals surface area (Å²) in [6.45, 7) is 3.46. The van der Waals surface area contributed by atoms with Crippen LogP contribution in [-0.2, 0) is 13.2 Å². The van der Waals surface area contributed by atoms with Crippen molar-refractivity contribution >= 4 is 28.5 Å². The summed E-state index contributed by atoms with van der Waals surface area (Å²) in [5.41, 5.74) is 0.282. The molecule has 0 amide bonds. The summed E-state index contributed by atoms with van der Waals surface area (Å²) in [6.07, 6.45) is -4.89. The van der Waals surface area contributed by atoms with E-state index >= 15 is 0 Å². The van der Waals surface area contributed by atoms with E-state index in [1.54, 1.807) is 27.1 Å². The maximum absolute atomic E-state index is 14.3. The topological polar surface area (TPSA) is 64.7 Å². The fraction of sp³-hybridized carbons (Fsp3) is 0.364. The Labute approximate surface area is 202 Å². The average Bonchev–Trinajstić information content (AvgIpc) is 3.37. The van der Waals surface area contributed by atoms with E-state index in [2.05, 4.69) is 20.1 Å². The lowest BCUT2D eigenvalue weighted by molar-refractivity contribution is -0.140. The molecule has 0 unspecified atom stereocenters. The van der Waals surface area contributed by atoms with Crippen LogP contribution in [0, 0.1) is 0 Å². The van der Waals surface area contributed by atoms with E-state index < -0.39 is 24.3 Å². The molecule has 0 aliphatic carbocycles. The molecule has 0 bridgehead atoms. The van der Waals surface area contributed by atoms with Crippen LogP contribution in [0.2, 0.25) is 5.28 Å². The first-order valence-electron chi connectivity index (χ1n) is 10.5. The van der Waals surface area contributed by atoms with Crippen LogP contribution in [0.3, 0.4) is 0 Å². The number of rotatable bonds is 6. The van der Waals surface area contributed by atoms with Crippen LogP contribution in [0.1, 0.15) is 37.2 Å². The molecular formula is C22H21ClF5N7. The van der Waals surface area contributed by atoms with Gasteiger partial charge in [0.1, 0.15) is 17.4 Å². The highest BCUT2D eigenvalue weighted by Crippen LogP contribution is 2.36. The molecule has 13 heteroatoms. The summed E-state index contributed by atoms with van der Waals surface area (Å²) in [5.74, 6) is 0.221. The fourth-order valence-electron chi connectivity index (χ4n) is 3.86. The van der Waals surface area contributed by atoms with E-state index in [-0.39, 0.29) is 28.5 Å². The third-order valence-electron chi connectivity index (χ3n) is 5.51.